The third-order valence-electron chi connectivity index (χ3n) is 3.08. The van der Waals surface area contributed by atoms with E-state index in [0.29, 0.717) is 0 Å². The molecule has 0 aromatic carbocycles. The predicted molar refractivity (Wildman–Crippen MR) is 32.4 cm³/mol. The molecule has 1 spiro atoms. The molecule has 2 unspecified atom stereocenters. The third-order valence-corrected chi connectivity index (χ3v) is 3.08. The first-order valence-corrected chi connectivity index (χ1v) is 3.60. The highest BCUT2D eigenvalue weighted by Crippen LogP contribution is 2.69. The monoisotopic (exact) mass is 106 g/mol. The summed E-state index contributed by atoms with van der Waals surface area (Å²) in [6.07, 6.45) is 9.45. The van der Waals surface area contributed by atoms with Gasteiger partial charge in [0.05, 0.1) is 0 Å². The van der Waals surface area contributed by atoms with Crippen LogP contribution in [0, 0.1) is 17.3 Å². The van der Waals surface area contributed by atoms with Gasteiger partial charge >= 0.3 is 0 Å². The number of rotatable bonds is 0. The first kappa shape index (κ1) is 3.71. The largest absolute Gasteiger partial charge is 0.0845 e. The summed E-state index contributed by atoms with van der Waals surface area (Å²) in [6, 6.07) is 0. The van der Waals surface area contributed by atoms with E-state index < -0.39 is 0 Å². The molecule has 0 amide bonds. The van der Waals surface area contributed by atoms with E-state index in [1.807, 2.05) is 0 Å². The molecule has 0 radical (unpaired) electrons. The Morgan fingerprint density at radius 1 is 1.38 bits per heavy atom. The second-order valence-electron chi connectivity index (χ2n) is 3.60. The first-order chi connectivity index (χ1) is 3.91. The van der Waals surface area contributed by atoms with Crippen LogP contribution in [-0.4, -0.2) is 0 Å². The summed E-state index contributed by atoms with van der Waals surface area (Å²) in [5, 5.41) is 0. The van der Waals surface area contributed by atoms with Crippen LogP contribution in [-0.2, 0) is 0 Å². The summed E-state index contributed by atoms with van der Waals surface area (Å²) in [7, 11) is 0. The fourth-order valence-corrected chi connectivity index (χ4v) is 2.21. The van der Waals surface area contributed by atoms with Crippen LogP contribution in [0.3, 0.4) is 0 Å². The molecule has 3 aliphatic rings. The molecule has 0 N–H and O–H groups in total. The number of allylic oxidation sites excluding steroid dienone is 2. The molecule has 8 heavy (non-hydrogen) atoms. The average molecular weight is 106 g/mol. The van der Waals surface area contributed by atoms with E-state index in [4.69, 9.17) is 0 Å². The van der Waals surface area contributed by atoms with E-state index in [0.717, 1.165) is 17.3 Å². The first-order valence-electron chi connectivity index (χ1n) is 3.60. The molecule has 0 saturated heterocycles. The van der Waals surface area contributed by atoms with Crippen molar-refractivity contribution in [1.82, 2.24) is 0 Å². The topological polar surface area (TPSA) is 0 Å². The van der Waals surface area contributed by atoms with E-state index >= 15 is 0 Å². The molecule has 0 aromatic heterocycles. The zero-order valence-corrected chi connectivity index (χ0v) is 4.93. The Balaban J connectivity index is 2.10. The minimum atomic E-state index is 0.796. The second kappa shape index (κ2) is 0.792. The highest BCUT2D eigenvalue weighted by Gasteiger charge is 2.60. The average Bonchev–Trinajstić information content (AvgIpc) is 2.46. The van der Waals surface area contributed by atoms with Gasteiger partial charge in [-0.15, -0.1) is 0 Å². The molecule has 2 saturated carbocycles. The van der Waals surface area contributed by atoms with Crippen LogP contribution in [0.4, 0.5) is 0 Å². The van der Waals surface area contributed by atoms with Gasteiger partial charge in [0, 0.05) is 0 Å². The standard InChI is InChI=1S/C8H10/c1-2-8(3-4-8)7-5-6(1)7/h1-2,6-7H,3-5H2. The Morgan fingerprint density at radius 2 is 2.25 bits per heavy atom. The number of hydrogen-bond donors (Lipinski definition) is 0. The van der Waals surface area contributed by atoms with Crippen LogP contribution in [0.1, 0.15) is 19.3 Å². The van der Waals surface area contributed by atoms with Crippen LogP contribution in [0.15, 0.2) is 12.2 Å². The SMILES string of the molecule is C1=CC2(CC2)C2CC12. The minimum Gasteiger partial charge on any atom is -0.0845 e. The van der Waals surface area contributed by atoms with Crippen molar-refractivity contribution in [3.05, 3.63) is 12.2 Å². The number of hydrogen-bond acceptors (Lipinski definition) is 0. The smallest absolute Gasteiger partial charge is 0.00834 e. The van der Waals surface area contributed by atoms with Crippen molar-refractivity contribution in [3.8, 4) is 0 Å². The summed E-state index contributed by atoms with van der Waals surface area (Å²) in [4.78, 5) is 0. The lowest BCUT2D eigenvalue weighted by Gasteiger charge is -1.99. The Kier molecular flexibility index (Phi) is 0.367. The maximum absolute atomic E-state index is 2.48. The molecule has 2 fully saturated rings. The minimum absolute atomic E-state index is 0.796. The van der Waals surface area contributed by atoms with Crippen LogP contribution < -0.4 is 0 Å². The second-order valence-corrected chi connectivity index (χ2v) is 3.60. The van der Waals surface area contributed by atoms with E-state index in [2.05, 4.69) is 12.2 Å². The molecule has 0 heterocycles. The van der Waals surface area contributed by atoms with Crippen molar-refractivity contribution in [2.75, 3.05) is 0 Å². The van der Waals surface area contributed by atoms with Gasteiger partial charge < -0.3 is 0 Å². The van der Waals surface area contributed by atoms with E-state index in [-0.39, 0.29) is 0 Å². The fraction of sp³-hybridized carbons (Fsp3) is 0.750. The number of fused-ring (bicyclic) bond motifs is 2. The van der Waals surface area contributed by atoms with Crippen LogP contribution >= 0.6 is 0 Å². The van der Waals surface area contributed by atoms with E-state index in [1.54, 1.807) is 0 Å². The van der Waals surface area contributed by atoms with Crippen molar-refractivity contribution in [1.29, 1.82) is 0 Å². The zero-order chi connectivity index (χ0) is 5.19. The van der Waals surface area contributed by atoms with Gasteiger partial charge in [-0.3, -0.25) is 0 Å². The van der Waals surface area contributed by atoms with E-state index in [9.17, 15) is 0 Å². The van der Waals surface area contributed by atoms with Crippen molar-refractivity contribution >= 4 is 0 Å². The highest BCUT2D eigenvalue weighted by molar-refractivity contribution is 5.28. The van der Waals surface area contributed by atoms with Crippen LogP contribution in [0.2, 0.25) is 0 Å². The zero-order valence-electron chi connectivity index (χ0n) is 4.93. The maximum atomic E-state index is 2.48. The van der Waals surface area contributed by atoms with Gasteiger partial charge in [-0.2, -0.15) is 0 Å². The Hall–Kier alpha value is -0.260. The molecule has 0 aliphatic heterocycles. The molecule has 0 heteroatoms. The molecule has 3 rings (SSSR count). The van der Waals surface area contributed by atoms with E-state index in [1.165, 1.54) is 19.3 Å². The maximum Gasteiger partial charge on any atom is -0.00834 e. The van der Waals surface area contributed by atoms with Crippen molar-refractivity contribution in [3.63, 3.8) is 0 Å². The molecule has 42 valence electrons. The Labute approximate surface area is 49.6 Å². The highest BCUT2D eigenvalue weighted by atomic mass is 14.6. The molecule has 0 nitrogen and oxygen atoms in total. The lowest BCUT2D eigenvalue weighted by atomic mass is 10.0. The molecule has 0 aromatic rings. The summed E-state index contributed by atoms with van der Waals surface area (Å²) in [6.45, 7) is 0. The quantitative estimate of drug-likeness (QED) is 0.414. The Bertz CT molecular complexity index is 163. The van der Waals surface area contributed by atoms with Gasteiger partial charge in [0.1, 0.15) is 0 Å². The van der Waals surface area contributed by atoms with Crippen molar-refractivity contribution in [2.24, 2.45) is 17.3 Å². The molecule has 0 bridgehead atoms. The van der Waals surface area contributed by atoms with Gasteiger partial charge in [0.25, 0.3) is 0 Å². The van der Waals surface area contributed by atoms with Crippen LogP contribution in [0.25, 0.3) is 0 Å². The molecule has 3 aliphatic carbocycles. The van der Waals surface area contributed by atoms with Gasteiger partial charge in [-0.05, 0) is 36.5 Å². The molecular formula is C8H10. The molecular weight excluding hydrogens is 96.1 g/mol. The molecule has 2 atom stereocenters. The van der Waals surface area contributed by atoms with Gasteiger partial charge in [-0.25, -0.2) is 0 Å². The summed E-state index contributed by atoms with van der Waals surface area (Å²) < 4.78 is 0. The third kappa shape index (κ3) is 0.249. The van der Waals surface area contributed by atoms with Gasteiger partial charge in [0.2, 0.25) is 0 Å². The summed E-state index contributed by atoms with van der Waals surface area (Å²) in [5.41, 5.74) is 0.796. The Morgan fingerprint density at radius 3 is 2.50 bits per heavy atom. The lowest BCUT2D eigenvalue weighted by Crippen LogP contribution is -1.93. The lowest BCUT2D eigenvalue weighted by molar-refractivity contribution is 0.565. The summed E-state index contributed by atoms with van der Waals surface area (Å²) in [5.74, 6) is 2.17. The fourth-order valence-electron chi connectivity index (χ4n) is 2.21. The normalized spacial score (nSPS) is 52.0. The van der Waals surface area contributed by atoms with Crippen molar-refractivity contribution < 1.29 is 0 Å². The predicted octanol–water partition coefficient (Wildman–Crippen LogP) is 1.97. The summed E-state index contributed by atoms with van der Waals surface area (Å²) >= 11 is 0. The van der Waals surface area contributed by atoms with Gasteiger partial charge in [-0.1, -0.05) is 12.2 Å². The van der Waals surface area contributed by atoms with Crippen LogP contribution in [0.5, 0.6) is 0 Å². The van der Waals surface area contributed by atoms with Crippen molar-refractivity contribution in [2.45, 2.75) is 19.3 Å². The van der Waals surface area contributed by atoms with Gasteiger partial charge in [0.15, 0.2) is 0 Å².